The predicted octanol–water partition coefficient (Wildman–Crippen LogP) is 3.89. The molecular formula is C18H28F3N3O. The third kappa shape index (κ3) is 3.85. The molecule has 1 saturated heterocycles. The fraction of sp³-hybridized carbons (Fsp3) is 0.778. The molecule has 1 aromatic rings. The van der Waals surface area contributed by atoms with Crippen molar-refractivity contribution in [2.45, 2.75) is 72.6 Å². The summed E-state index contributed by atoms with van der Waals surface area (Å²) in [5, 5.41) is 4.49. The lowest BCUT2D eigenvalue weighted by Gasteiger charge is -2.36. The van der Waals surface area contributed by atoms with Crippen molar-refractivity contribution in [1.29, 1.82) is 0 Å². The summed E-state index contributed by atoms with van der Waals surface area (Å²) in [6.45, 7) is 11.9. The van der Waals surface area contributed by atoms with Gasteiger partial charge in [0.05, 0.1) is 18.0 Å². The van der Waals surface area contributed by atoms with Crippen molar-refractivity contribution < 1.29 is 18.0 Å². The molecule has 0 saturated carbocycles. The number of carbonyl (C=O) groups is 1. The number of rotatable bonds is 4. The largest absolute Gasteiger partial charge is 0.394 e. The van der Waals surface area contributed by atoms with Crippen molar-refractivity contribution in [3.63, 3.8) is 0 Å². The van der Waals surface area contributed by atoms with E-state index in [0.29, 0.717) is 5.92 Å². The van der Waals surface area contributed by atoms with Gasteiger partial charge in [0, 0.05) is 29.9 Å². The summed E-state index contributed by atoms with van der Waals surface area (Å²) in [7, 11) is 0. The second-order valence-electron chi connectivity index (χ2n) is 7.98. The third-order valence-corrected chi connectivity index (χ3v) is 5.28. The number of hydrogen-bond acceptors (Lipinski definition) is 2. The number of nitrogens with zero attached hydrogens (tertiary/aromatic N) is 3. The Kier molecular flexibility index (Phi) is 5.26. The molecule has 0 radical (unpaired) electrons. The number of hydrogen-bond donors (Lipinski definition) is 0. The van der Waals surface area contributed by atoms with E-state index in [1.165, 1.54) is 18.7 Å². The van der Waals surface area contributed by atoms with Crippen LogP contribution in [-0.2, 0) is 17.8 Å². The molecule has 1 aromatic heterocycles. The number of likely N-dealkylation sites (tertiary alicyclic amines) is 1. The second-order valence-corrected chi connectivity index (χ2v) is 7.98. The van der Waals surface area contributed by atoms with Crippen molar-refractivity contribution in [3.05, 3.63) is 17.0 Å². The van der Waals surface area contributed by atoms with E-state index in [-0.39, 0.29) is 25.3 Å². The van der Waals surface area contributed by atoms with Gasteiger partial charge in [-0.3, -0.25) is 9.48 Å². The smallest absolute Gasteiger partial charge is 0.337 e. The van der Waals surface area contributed by atoms with Crippen LogP contribution in [0.2, 0.25) is 0 Å². The zero-order chi connectivity index (χ0) is 19.2. The van der Waals surface area contributed by atoms with Gasteiger partial charge in [-0.2, -0.15) is 18.3 Å². The van der Waals surface area contributed by atoms with Gasteiger partial charge in [0.15, 0.2) is 0 Å². The predicted molar refractivity (Wildman–Crippen MR) is 90.2 cm³/mol. The van der Waals surface area contributed by atoms with Crippen LogP contribution in [0.25, 0.3) is 0 Å². The molecule has 0 spiro atoms. The van der Waals surface area contributed by atoms with Crippen LogP contribution in [0.3, 0.4) is 0 Å². The van der Waals surface area contributed by atoms with Crippen molar-refractivity contribution in [2.24, 2.45) is 11.8 Å². The molecule has 2 rings (SSSR count). The standard InChI is InChI=1S/C18H28F3N3O/c1-11(2)10-24-13(4)14(12(3)22-24)9-16(25)23-8-7-15(17(23,5)6)18(19,20)21/h11,15H,7-10H2,1-6H3. The fourth-order valence-electron chi connectivity index (χ4n) is 3.86. The van der Waals surface area contributed by atoms with Crippen LogP contribution in [-0.4, -0.2) is 38.8 Å². The topological polar surface area (TPSA) is 38.1 Å². The summed E-state index contributed by atoms with van der Waals surface area (Å²) in [4.78, 5) is 14.2. The highest BCUT2D eigenvalue weighted by molar-refractivity contribution is 5.80. The zero-order valence-electron chi connectivity index (χ0n) is 15.9. The fourth-order valence-corrected chi connectivity index (χ4v) is 3.86. The van der Waals surface area contributed by atoms with Gasteiger partial charge in [-0.15, -0.1) is 0 Å². The molecule has 1 fully saturated rings. The molecule has 142 valence electrons. The van der Waals surface area contributed by atoms with E-state index >= 15 is 0 Å². The molecule has 0 aliphatic carbocycles. The minimum Gasteiger partial charge on any atom is -0.337 e. The SMILES string of the molecule is Cc1nn(CC(C)C)c(C)c1CC(=O)N1CCC(C(F)(F)F)C1(C)C. The van der Waals surface area contributed by atoms with Crippen molar-refractivity contribution in [1.82, 2.24) is 14.7 Å². The first-order chi connectivity index (χ1) is 11.4. The molecule has 1 unspecified atom stereocenters. The van der Waals surface area contributed by atoms with Crippen LogP contribution in [0.15, 0.2) is 0 Å². The van der Waals surface area contributed by atoms with Gasteiger partial charge in [0.1, 0.15) is 0 Å². The minimum atomic E-state index is -4.29. The molecule has 7 heteroatoms. The Labute approximate surface area is 147 Å². The van der Waals surface area contributed by atoms with E-state index in [4.69, 9.17) is 0 Å². The normalized spacial score (nSPS) is 20.6. The van der Waals surface area contributed by atoms with Crippen molar-refractivity contribution >= 4 is 5.91 Å². The molecule has 0 bridgehead atoms. The van der Waals surface area contributed by atoms with Crippen LogP contribution >= 0.6 is 0 Å². The number of carbonyl (C=O) groups excluding carboxylic acids is 1. The summed E-state index contributed by atoms with van der Waals surface area (Å²) in [6.07, 6.45) is -4.22. The number of aryl methyl sites for hydroxylation is 1. The quantitative estimate of drug-likeness (QED) is 0.818. The highest BCUT2D eigenvalue weighted by atomic mass is 19.4. The molecule has 1 atom stereocenters. The van der Waals surface area contributed by atoms with Crippen LogP contribution in [0, 0.1) is 25.7 Å². The monoisotopic (exact) mass is 359 g/mol. The maximum atomic E-state index is 13.2. The highest BCUT2D eigenvalue weighted by Gasteiger charge is 2.56. The van der Waals surface area contributed by atoms with E-state index in [1.807, 2.05) is 18.5 Å². The number of amides is 1. The van der Waals surface area contributed by atoms with Gasteiger partial charge < -0.3 is 4.90 Å². The Hall–Kier alpha value is -1.53. The molecule has 0 aromatic carbocycles. The van der Waals surface area contributed by atoms with Crippen LogP contribution < -0.4 is 0 Å². The molecule has 25 heavy (non-hydrogen) atoms. The van der Waals surface area contributed by atoms with E-state index in [0.717, 1.165) is 23.5 Å². The molecule has 1 aliphatic rings. The molecule has 0 N–H and O–H groups in total. The minimum absolute atomic E-state index is 0.0349. The van der Waals surface area contributed by atoms with E-state index in [9.17, 15) is 18.0 Å². The van der Waals surface area contributed by atoms with Gasteiger partial charge in [-0.1, -0.05) is 13.8 Å². The summed E-state index contributed by atoms with van der Waals surface area (Å²) in [5.74, 6) is -1.31. The Morgan fingerprint density at radius 2 is 1.92 bits per heavy atom. The summed E-state index contributed by atoms with van der Waals surface area (Å²) in [5.41, 5.74) is 1.31. The lowest BCUT2D eigenvalue weighted by molar-refractivity contribution is -0.192. The van der Waals surface area contributed by atoms with E-state index < -0.39 is 17.6 Å². The summed E-state index contributed by atoms with van der Waals surface area (Å²) in [6, 6.07) is 0. The highest BCUT2D eigenvalue weighted by Crippen LogP contribution is 2.44. The van der Waals surface area contributed by atoms with Crippen LogP contribution in [0.4, 0.5) is 13.2 Å². The molecule has 1 aliphatic heterocycles. The number of aromatic nitrogens is 2. The van der Waals surface area contributed by atoms with Gasteiger partial charge in [0.2, 0.25) is 5.91 Å². The molecule has 2 heterocycles. The van der Waals surface area contributed by atoms with E-state index in [2.05, 4.69) is 18.9 Å². The van der Waals surface area contributed by atoms with Crippen LogP contribution in [0.1, 0.15) is 51.1 Å². The maximum Gasteiger partial charge on any atom is 0.394 e. The number of halogens is 3. The first-order valence-corrected chi connectivity index (χ1v) is 8.75. The first kappa shape index (κ1) is 19.8. The molecule has 1 amide bonds. The first-order valence-electron chi connectivity index (χ1n) is 8.75. The Bertz CT molecular complexity index is 647. The van der Waals surface area contributed by atoms with Crippen LogP contribution in [0.5, 0.6) is 0 Å². The Morgan fingerprint density at radius 1 is 1.32 bits per heavy atom. The Balaban J connectivity index is 2.20. The second kappa shape index (κ2) is 6.65. The lowest BCUT2D eigenvalue weighted by Crippen LogP contribution is -2.50. The molecule has 4 nitrogen and oxygen atoms in total. The lowest BCUT2D eigenvalue weighted by atomic mass is 9.87. The summed E-state index contributed by atoms with van der Waals surface area (Å²) >= 11 is 0. The van der Waals surface area contributed by atoms with Crippen molar-refractivity contribution in [2.75, 3.05) is 6.54 Å². The van der Waals surface area contributed by atoms with Gasteiger partial charge >= 0.3 is 6.18 Å². The maximum absolute atomic E-state index is 13.2. The average molecular weight is 359 g/mol. The zero-order valence-corrected chi connectivity index (χ0v) is 15.9. The number of alkyl halides is 3. The Morgan fingerprint density at radius 3 is 2.40 bits per heavy atom. The van der Waals surface area contributed by atoms with Gasteiger partial charge in [-0.05, 0) is 40.0 Å². The van der Waals surface area contributed by atoms with Crippen molar-refractivity contribution in [3.8, 4) is 0 Å². The summed E-state index contributed by atoms with van der Waals surface area (Å²) < 4.78 is 41.6. The molecular weight excluding hydrogens is 331 g/mol. The van der Waals surface area contributed by atoms with Gasteiger partial charge in [-0.25, -0.2) is 0 Å². The van der Waals surface area contributed by atoms with E-state index in [1.54, 1.807) is 0 Å². The average Bonchev–Trinajstić information content (AvgIpc) is 2.88. The third-order valence-electron chi connectivity index (χ3n) is 5.28. The van der Waals surface area contributed by atoms with Gasteiger partial charge in [0.25, 0.3) is 0 Å².